The maximum absolute atomic E-state index is 12.6. The van der Waals surface area contributed by atoms with Crippen molar-refractivity contribution in [3.05, 3.63) is 70.8 Å². The molecule has 0 saturated heterocycles. The number of carboxylic acid groups (broad SMARTS) is 1. The van der Waals surface area contributed by atoms with E-state index in [9.17, 15) is 14.7 Å². The number of hydrogen-bond donors (Lipinski definition) is 2. The topological polar surface area (TPSA) is 83.8 Å². The molecule has 0 saturated carbocycles. The molecular formula is C30H32O5. The largest absolute Gasteiger partial charge is 0.507 e. The molecule has 0 radical (unpaired) electrons. The van der Waals surface area contributed by atoms with Gasteiger partial charge in [0, 0.05) is 28.7 Å². The number of phenols is 1. The van der Waals surface area contributed by atoms with Gasteiger partial charge in [0.1, 0.15) is 17.9 Å². The van der Waals surface area contributed by atoms with E-state index in [-0.39, 0.29) is 16.6 Å². The van der Waals surface area contributed by atoms with Crippen LogP contribution in [-0.2, 0) is 26.8 Å². The lowest BCUT2D eigenvalue weighted by molar-refractivity contribution is -0.145. The lowest BCUT2D eigenvalue weighted by atomic mass is 9.78. The Bertz CT molecular complexity index is 1340. The summed E-state index contributed by atoms with van der Waals surface area (Å²) in [6.07, 6.45) is -0.182. The summed E-state index contributed by atoms with van der Waals surface area (Å²) < 4.78 is 5.76. The summed E-state index contributed by atoms with van der Waals surface area (Å²) in [6.45, 7) is 12.5. The van der Waals surface area contributed by atoms with Crippen LogP contribution in [0.1, 0.15) is 70.2 Å². The third-order valence-electron chi connectivity index (χ3n) is 6.52. The van der Waals surface area contributed by atoms with Crippen LogP contribution in [0.3, 0.4) is 0 Å². The summed E-state index contributed by atoms with van der Waals surface area (Å²) in [5.74, 6) is -1.65. The van der Waals surface area contributed by atoms with Gasteiger partial charge in [-0.15, -0.1) is 0 Å². The minimum Gasteiger partial charge on any atom is -0.507 e. The van der Waals surface area contributed by atoms with Gasteiger partial charge in [-0.1, -0.05) is 77.9 Å². The van der Waals surface area contributed by atoms with Crippen LogP contribution in [-0.4, -0.2) is 22.2 Å². The van der Waals surface area contributed by atoms with Crippen LogP contribution >= 0.6 is 0 Å². The Morgan fingerprint density at radius 2 is 1.51 bits per heavy atom. The van der Waals surface area contributed by atoms with Crippen molar-refractivity contribution in [2.45, 2.75) is 65.2 Å². The maximum Gasteiger partial charge on any atom is 0.322 e. The zero-order valence-corrected chi connectivity index (χ0v) is 21.2. The van der Waals surface area contributed by atoms with E-state index in [1.54, 1.807) is 0 Å². The molecule has 3 aromatic carbocycles. The molecule has 2 N–H and O–H groups in total. The second kappa shape index (κ2) is 8.56. The van der Waals surface area contributed by atoms with Crippen molar-refractivity contribution < 1.29 is 24.5 Å². The van der Waals surface area contributed by atoms with E-state index in [2.05, 4.69) is 20.8 Å². The van der Waals surface area contributed by atoms with Crippen molar-refractivity contribution in [3.63, 3.8) is 0 Å². The molecule has 0 fully saturated rings. The van der Waals surface area contributed by atoms with Gasteiger partial charge in [-0.25, -0.2) is 0 Å². The van der Waals surface area contributed by atoms with Gasteiger partial charge in [-0.05, 0) is 45.2 Å². The third kappa shape index (κ3) is 4.68. The number of aliphatic carboxylic acids is 1. The van der Waals surface area contributed by atoms with E-state index >= 15 is 0 Å². The number of ether oxygens (including phenoxy) is 1. The molecule has 35 heavy (non-hydrogen) atoms. The highest BCUT2D eigenvalue weighted by Crippen LogP contribution is 2.49. The number of benzene rings is 3. The van der Waals surface area contributed by atoms with Crippen LogP contribution in [0.5, 0.6) is 11.5 Å². The first-order valence-electron chi connectivity index (χ1n) is 11.8. The van der Waals surface area contributed by atoms with E-state index in [4.69, 9.17) is 9.84 Å². The molecule has 0 spiro atoms. The minimum absolute atomic E-state index is 0.136. The number of fused-ring (bicyclic) bond motifs is 3. The summed E-state index contributed by atoms with van der Waals surface area (Å²) in [6, 6.07) is 15.8. The van der Waals surface area contributed by atoms with Gasteiger partial charge >= 0.3 is 11.9 Å². The smallest absolute Gasteiger partial charge is 0.322 e. The van der Waals surface area contributed by atoms with Crippen molar-refractivity contribution in [2.24, 2.45) is 0 Å². The predicted molar refractivity (Wildman–Crippen MR) is 137 cm³/mol. The quantitative estimate of drug-likeness (QED) is 0.198. The first-order chi connectivity index (χ1) is 16.3. The second-order valence-electron chi connectivity index (χ2n) is 11.3. The van der Waals surface area contributed by atoms with Gasteiger partial charge in [-0.3, -0.25) is 9.59 Å². The van der Waals surface area contributed by atoms with Crippen LogP contribution in [0.2, 0.25) is 0 Å². The molecule has 5 heteroatoms. The fraction of sp³-hybridized carbons (Fsp3) is 0.333. The van der Waals surface area contributed by atoms with Crippen molar-refractivity contribution >= 4 is 11.9 Å². The van der Waals surface area contributed by atoms with Gasteiger partial charge in [0.25, 0.3) is 0 Å². The highest BCUT2D eigenvalue weighted by molar-refractivity contribution is 5.94. The van der Waals surface area contributed by atoms with Gasteiger partial charge in [0.05, 0.1) is 0 Å². The number of esters is 1. The molecule has 182 valence electrons. The monoisotopic (exact) mass is 472 g/mol. The zero-order valence-electron chi connectivity index (χ0n) is 21.2. The van der Waals surface area contributed by atoms with Crippen molar-refractivity contribution in [3.8, 4) is 33.8 Å². The molecule has 0 heterocycles. The average molecular weight is 473 g/mol. The Morgan fingerprint density at radius 1 is 0.857 bits per heavy atom. The van der Waals surface area contributed by atoms with Crippen LogP contribution < -0.4 is 4.74 Å². The molecule has 0 bridgehead atoms. The number of carbonyl (C=O) groups excluding carboxylic acids is 1. The van der Waals surface area contributed by atoms with Crippen LogP contribution in [0.15, 0.2) is 48.5 Å². The Hall–Kier alpha value is -3.60. The molecule has 0 unspecified atom stereocenters. The van der Waals surface area contributed by atoms with E-state index < -0.39 is 18.4 Å². The van der Waals surface area contributed by atoms with Crippen molar-refractivity contribution in [2.75, 3.05) is 0 Å². The normalized spacial score (nSPS) is 12.7. The summed E-state index contributed by atoms with van der Waals surface area (Å²) in [5, 5.41) is 20.6. The first kappa shape index (κ1) is 24.5. The van der Waals surface area contributed by atoms with Crippen LogP contribution in [0, 0.1) is 0 Å². The number of rotatable bonds is 4. The van der Waals surface area contributed by atoms with Crippen LogP contribution in [0.25, 0.3) is 22.3 Å². The van der Waals surface area contributed by atoms with Gasteiger partial charge in [-0.2, -0.15) is 0 Å². The molecule has 0 amide bonds. The predicted octanol–water partition coefficient (Wildman–Crippen LogP) is 6.61. The molecule has 0 atom stereocenters. The number of aromatic hydroxyl groups is 1. The summed E-state index contributed by atoms with van der Waals surface area (Å²) >= 11 is 0. The lowest BCUT2D eigenvalue weighted by Crippen LogP contribution is -2.17. The van der Waals surface area contributed by atoms with Gasteiger partial charge in [0.15, 0.2) is 0 Å². The molecule has 0 aliphatic heterocycles. The molecule has 1 aliphatic rings. The number of hydrogen-bond acceptors (Lipinski definition) is 4. The van der Waals surface area contributed by atoms with Gasteiger partial charge < -0.3 is 14.9 Å². The standard InChI is InChI=1S/C30H32O5/c1-29(2,3)18-14-22(27(34)24(15-18)30(4,5)6)21-12-11-20-19-10-8-7-9-17(19)13-23(20)28(21)35-26(33)16-25(31)32/h7-12,14-15,34H,13,16H2,1-6H3,(H,31,32). The first-order valence-corrected chi connectivity index (χ1v) is 11.8. The number of phenolic OH excluding ortho intramolecular Hbond substituents is 1. The van der Waals surface area contributed by atoms with Crippen LogP contribution in [0.4, 0.5) is 0 Å². The van der Waals surface area contributed by atoms with E-state index in [1.807, 2.05) is 69.3 Å². The number of carboxylic acids is 1. The Balaban J connectivity index is 1.99. The van der Waals surface area contributed by atoms with E-state index in [1.165, 1.54) is 0 Å². The molecule has 5 nitrogen and oxygen atoms in total. The summed E-state index contributed by atoms with van der Waals surface area (Å²) in [5.41, 5.74) is 6.41. The Kier molecular flexibility index (Phi) is 6.00. The third-order valence-corrected chi connectivity index (χ3v) is 6.52. The molecule has 3 aromatic rings. The molecule has 4 rings (SSSR count). The molecular weight excluding hydrogens is 440 g/mol. The SMILES string of the molecule is CC(C)(C)c1cc(-c2ccc3c(c2OC(=O)CC(=O)O)Cc2ccccc2-3)c(O)c(C(C)(C)C)c1. The van der Waals surface area contributed by atoms with Gasteiger partial charge in [0.2, 0.25) is 0 Å². The minimum atomic E-state index is -1.25. The van der Waals surface area contributed by atoms with E-state index in [0.29, 0.717) is 23.3 Å². The Morgan fingerprint density at radius 3 is 2.14 bits per heavy atom. The summed E-state index contributed by atoms with van der Waals surface area (Å²) in [4.78, 5) is 23.7. The zero-order chi connectivity index (χ0) is 25.7. The summed E-state index contributed by atoms with van der Waals surface area (Å²) in [7, 11) is 0. The fourth-order valence-corrected chi connectivity index (χ4v) is 4.63. The average Bonchev–Trinajstić information content (AvgIpc) is 3.11. The van der Waals surface area contributed by atoms with Crippen molar-refractivity contribution in [1.82, 2.24) is 0 Å². The molecule has 0 aromatic heterocycles. The second-order valence-corrected chi connectivity index (χ2v) is 11.3. The Labute approximate surface area is 206 Å². The molecule has 1 aliphatic carbocycles. The maximum atomic E-state index is 12.6. The van der Waals surface area contributed by atoms with E-state index in [0.717, 1.165) is 33.4 Å². The fourth-order valence-electron chi connectivity index (χ4n) is 4.63. The number of carbonyl (C=O) groups is 2. The highest BCUT2D eigenvalue weighted by atomic mass is 16.5. The highest BCUT2D eigenvalue weighted by Gasteiger charge is 2.30. The van der Waals surface area contributed by atoms with Crippen molar-refractivity contribution in [1.29, 1.82) is 0 Å². The lowest BCUT2D eigenvalue weighted by Gasteiger charge is -2.28.